The molecule has 0 unspecified atom stereocenters. The van der Waals surface area contributed by atoms with E-state index in [4.69, 9.17) is 16.3 Å². The third-order valence-electron chi connectivity index (χ3n) is 5.64. The molecule has 5 aromatic rings. The minimum atomic E-state index is -1.09. The molecule has 35 heavy (non-hydrogen) atoms. The van der Waals surface area contributed by atoms with Gasteiger partial charge >= 0.3 is 5.97 Å². The Morgan fingerprint density at radius 2 is 1.49 bits per heavy atom. The molecule has 1 atom stereocenters. The van der Waals surface area contributed by atoms with Crippen molar-refractivity contribution in [2.45, 2.75) is 12.6 Å². The molecular weight excluding hydrogens is 462 g/mol. The van der Waals surface area contributed by atoms with Crippen molar-refractivity contribution in [2.75, 3.05) is 0 Å². The van der Waals surface area contributed by atoms with Crippen LogP contribution >= 0.6 is 11.6 Å². The molecule has 0 amide bonds. The Hall–Kier alpha value is -4.29. The molecule has 7 heteroatoms. The first kappa shape index (κ1) is 22.5. The number of Topliss-reactive ketones (excluding diaryl/α,β-unsaturated/α-hetero) is 1. The van der Waals surface area contributed by atoms with Crippen molar-refractivity contribution >= 4 is 34.4 Å². The summed E-state index contributed by atoms with van der Waals surface area (Å²) in [5, 5.41) is 8.90. The van der Waals surface area contributed by atoms with Crippen LogP contribution in [-0.2, 0) is 11.3 Å². The fraction of sp³-hybridized carbons (Fsp3) is 0.0714. The quantitative estimate of drug-likeness (QED) is 0.213. The lowest BCUT2D eigenvalue weighted by Gasteiger charge is -2.18. The number of carbonyl (C=O) groups is 2. The van der Waals surface area contributed by atoms with E-state index >= 15 is 0 Å². The summed E-state index contributed by atoms with van der Waals surface area (Å²) in [6.07, 6.45) is -1.09. The van der Waals surface area contributed by atoms with Gasteiger partial charge in [0.25, 0.3) is 0 Å². The zero-order chi connectivity index (χ0) is 24.2. The number of para-hydroxylation sites is 1. The monoisotopic (exact) mass is 481 g/mol. The molecule has 0 spiro atoms. The lowest BCUT2D eigenvalue weighted by atomic mass is 9.99. The fourth-order valence-electron chi connectivity index (χ4n) is 3.79. The normalized spacial score (nSPS) is 11.8. The van der Waals surface area contributed by atoms with Crippen LogP contribution in [-0.4, -0.2) is 26.7 Å². The van der Waals surface area contributed by atoms with Crippen molar-refractivity contribution in [3.63, 3.8) is 0 Å². The van der Waals surface area contributed by atoms with Gasteiger partial charge in [-0.15, -0.1) is 5.10 Å². The molecule has 5 rings (SSSR count). The van der Waals surface area contributed by atoms with Crippen molar-refractivity contribution in [2.24, 2.45) is 0 Å². The number of rotatable bonds is 7. The average Bonchev–Trinajstić information content (AvgIpc) is 3.31. The first-order valence-corrected chi connectivity index (χ1v) is 11.4. The molecule has 172 valence electrons. The number of esters is 1. The van der Waals surface area contributed by atoms with E-state index in [1.807, 2.05) is 42.5 Å². The van der Waals surface area contributed by atoms with E-state index in [1.54, 1.807) is 65.3 Å². The second kappa shape index (κ2) is 9.91. The molecule has 1 heterocycles. The maximum Gasteiger partial charge on any atom is 0.339 e. The van der Waals surface area contributed by atoms with Crippen LogP contribution in [0.3, 0.4) is 0 Å². The van der Waals surface area contributed by atoms with Gasteiger partial charge < -0.3 is 4.74 Å². The van der Waals surface area contributed by atoms with Crippen LogP contribution < -0.4 is 0 Å². The number of nitrogens with zero attached hydrogens (tertiary/aromatic N) is 3. The molecular formula is C28H20ClN3O3. The van der Waals surface area contributed by atoms with Gasteiger partial charge in [-0.2, -0.15) is 0 Å². The maximum absolute atomic E-state index is 13.2. The third-order valence-corrected chi connectivity index (χ3v) is 5.89. The van der Waals surface area contributed by atoms with E-state index in [1.165, 1.54) is 0 Å². The van der Waals surface area contributed by atoms with Crippen LogP contribution in [0.15, 0.2) is 103 Å². The number of hydrogen-bond donors (Lipinski definition) is 0. The van der Waals surface area contributed by atoms with Gasteiger partial charge in [0.15, 0.2) is 6.10 Å². The van der Waals surface area contributed by atoms with Crippen molar-refractivity contribution in [3.8, 4) is 0 Å². The van der Waals surface area contributed by atoms with Crippen molar-refractivity contribution in [1.29, 1.82) is 0 Å². The molecule has 0 N–H and O–H groups in total. The Kier molecular flexibility index (Phi) is 6.37. The topological polar surface area (TPSA) is 74.1 Å². The smallest absolute Gasteiger partial charge is 0.339 e. The molecule has 0 aliphatic rings. The van der Waals surface area contributed by atoms with E-state index in [0.717, 1.165) is 16.6 Å². The number of aromatic nitrogens is 3. The van der Waals surface area contributed by atoms with Gasteiger partial charge in [-0.3, -0.25) is 4.79 Å². The zero-order valence-corrected chi connectivity index (χ0v) is 19.3. The SMILES string of the molecule is O=C(O[C@@H](C(=O)c1ccccc1)c1ccc(Cl)cc1)c1ccc(Cn2nnc3ccccc32)cc1. The maximum atomic E-state index is 13.2. The summed E-state index contributed by atoms with van der Waals surface area (Å²) in [6.45, 7) is 0.510. The first-order valence-electron chi connectivity index (χ1n) is 11.0. The van der Waals surface area contributed by atoms with E-state index < -0.39 is 12.1 Å². The van der Waals surface area contributed by atoms with Crippen LogP contribution in [0.25, 0.3) is 11.0 Å². The fourth-order valence-corrected chi connectivity index (χ4v) is 3.92. The van der Waals surface area contributed by atoms with Gasteiger partial charge in [0.2, 0.25) is 5.78 Å². The summed E-state index contributed by atoms with van der Waals surface area (Å²) < 4.78 is 7.53. The molecule has 4 aromatic carbocycles. The number of carbonyl (C=O) groups excluding carboxylic acids is 2. The Labute approximate surface area is 206 Å². The third kappa shape index (κ3) is 4.98. The van der Waals surface area contributed by atoms with Gasteiger partial charge in [-0.1, -0.05) is 83.5 Å². The molecule has 1 aromatic heterocycles. The number of halogens is 1. The Balaban J connectivity index is 1.35. The summed E-state index contributed by atoms with van der Waals surface area (Å²) in [7, 11) is 0. The molecule has 0 aliphatic heterocycles. The van der Waals surface area contributed by atoms with E-state index in [-0.39, 0.29) is 5.78 Å². The molecule has 0 radical (unpaired) electrons. The first-order chi connectivity index (χ1) is 17.1. The summed E-state index contributed by atoms with van der Waals surface area (Å²) in [5.74, 6) is -0.900. The molecule has 0 aliphatic carbocycles. The number of benzene rings is 4. The molecule has 0 saturated heterocycles. The molecule has 6 nitrogen and oxygen atoms in total. The summed E-state index contributed by atoms with van der Waals surface area (Å²) in [4.78, 5) is 26.2. The van der Waals surface area contributed by atoms with Crippen LogP contribution in [0.5, 0.6) is 0 Å². The highest BCUT2D eigenvalue weighted by atomic mass is 35.5. The van der Waals surface area contributed by atoms with Crippen LogP contribution in [0.1, 0.15) is 37.9 Å². The van der Waals surface area contributed by atoms with Gasteiger partial charge in [0, 0.05) is 16.1 Å². The number of ketones is 1. The van der Waals surface area contributed by atoms with Crippen LogP contribution in [0, 0.1) is 0 Å². The van der Waals surface area contributed by atoms with Crippen molar-refractivity contribution < 1.29 is 14.3 Å². The summed E-state index contributed by atoms with van der Waals surface area (Å²) in [5.41, 5.74) is 4.05. The standard InChI is InChI=1S/C28H20ClN3O3/c29-23-16-14-21(15-17-23)27(26(33)20-6-2-1-3-7-20)35-28(34)22-12-10-19(11-13-22)18-32-25-9-5-4-8-24(25)30-31-32/h1-17,27H,18H2/t27-/m1/s1. The Morgan fingerprint density at radius 1 is 0.800 bits per heavy atom. The average molecular weight is 482 g/mol. The highest BCUT2D eigenvalue weighted by Crippen LogP contribution is 2.26. The number of fused-ring (bicyclic) bond motifs is 1. The number of ether oxygens (including phenoxy) is 1. The van der Waals surface area contributed by atoms with Gasteiger partial charge in [0.05, 0.1) is 17.6 Å². The Morgan fingerprint density at radius 3 is 2.23 bits per heavy atom. The number of hydrogen-bond acceptors (Lipinski definition) is 5. The zero-order valence-electron chi connectivity index (χ0n) is 18.5. The van der Waals surface area contributed by atoms with Gasteiger partial charge in [0.1, 0.15) is 5.52 Å². The van der Waals surface area contributed by atoms with Crippen molar-refractivity contribution in [1.82, 2.24) is 15.0 Å². The minimum absolute atomic E-state index is 0.309. The molecule has 0 bridgehead atoms. The van der Waals surface area contributed by atoms with Crippen LogP contribution in [0.4, 0.5) is 0 Å². The second-order valence-electron chi connectivity index (χ2n) is 8.00. The van der Waals surface area contributed by atoms with Crippen molar-refractivity contribution in [3.05, 3.63) is 130 Å². The lowest BCUT2D eigenvalue weighted by Crippen LogP contribution is -2.20. The molecule has 0 saturated carbocycles. The molecule has 0 fully saturated rings. The Bertz CT molecular complexity index is 1480. The second-order valence-corrected chi connectivity index (χ2v) is 8.44. The summed E-state index contributed by atoms with van der Waals surface area (Å²) in [6, 6.07) is 30.2. The van der Waals surface area contributed by atoms with E-state index in [0.29, 0.717) is 28.3 Å². The van der Waals surface area contributed by atoms with Crippen LogP contribution in [0.2, 0.25) is 5.02 Å². The predicted octanol–water partition coefficient (Wildman–Crippen LogP) is 5.91. The lowest BCUT2D eigenvalue weighted by molar-refractivity contribution is 0.0280. The van der Waals surface area contributed by atoms with Gasteiger partial charge in [-0.25, -0.2) is 9.48 Å². The highest BCUT2D eigenvalue weighted by molar-refractivity contribution is 6.30. The minimum Gasteiger partial charge on any atom is -0.445 e. The van der Waals surface area contributed by atoms with Gasteiger partial charge in [-0.05, 0) is 42.0 Å². The predicted molar refractivity (Wildman–Crippen MR) is 133 cm³/mol. The van der Waals surface area contributed by atoms with E-state index in [9.17, 15) is 9.59 Å². The van der Waals surface area contributed by atoms with E-state index in [2.05, 4.69) is 10.3 Å². The largest absolute Gasteiger partial charge is 0.445 e. The summed E-state index contributed by atoms with van der Waals surface area (Å²) >= 11 is 6.01. The highest BCUT2D eigenvalue weighted by Gasteiger charge is 2.26.